The summed E-state index contributed by atoms with van der Waals surface area (Å²) >= 11 is 0. The summed E-state index contributed by atoms with van der Waals surface area (Å²) < 4.78 is 11.4. The number of rotatable bonds is 5. The number of carbonyl (C=O) groups is 1. The Morgan fingerprint density at radius 3 is 2.47 bits per heavy atom. The van der Waals surface area contributed by atoms with Crippen LogP contribution in [0.2, 0.25) is 0 Å². The molecule has 0 spiro atoms. The number of allylic oxidation sites excluding steroid dienone is 3. The summed E-state index contributed by atoms with van der Waals surface area (Å²) in [7, 11) is 0. The first-order chi connectivity index (χ1) is 15.9. The van der Waals surface area contributed by atoms with E-state index >= 15 is 0 Å². The molecule has 10 atom stereocenters. The highest BCUT2D eigenvalue weighted by Gasteiger charge is 2.59. The first-order valence-electron chi connectivity index (χ1n) is 12.4. The summed E-state index contributed by atoms with van der Waals surface area (Å²) in [6.07, 6.45) is -1.48. The highest BCUT2D eigenvalue weighted by Crippen LogP contribution is 2.62. The van der Waals surface area contributed by atoms with E-state index in [1.165, 1.54) is 5.57 Å². The van der Waals surface area contributed by atoms with Gasteiger partial charge in [-0.2, -0.15) is 0 Å². The molecule has 1 heterocycles. The highest BCUT2D eigenvalue weighted by atomic mass is 16.7. The van der Waals surface area contributed by atoms with Crippen molar-refractivity contribution in [1.82, 2.24) is 0 Å². The van der Waals surface area contributed by atoms with Crippen LogP contribution in [0.15, 0.2) is 23.8 Å². The monoisotopic (exact) mass is 480 g/mol. The van der Waals surface area contributed by atoms with Crippen LogP contribution < -0.4 is 0 Å². The molecule has 0 aromatic heterocycles. The van der Waals surface area contributed by atoms with Gasteiger partial charge < -0.3 is 35.0 Å². The van der Waals surface area contributed by atoms with Gasteiger partial charge in [-0.1, -0.05) is 32.4 Å². The van der Waals surface area contributed by atoms with E-state index in [-0.39, 0.29) is 29.1 Å². The van der Waals surface area contributed by atoms with Crippen molar-refractivity contribution < 1.29 is 39.8 Å². The average Bonchev–Trinajstić information content (AvgIpc) is 2.82. The number of fused-ring (bicyclic) bond motifs is 2. The van der Waals surface area contributed by atoms with Crippen LogP contribution >= 0.6 is 0 Å². The lowest BCUT2D eigenvalue weighted by Crippen LogP contribution is -2.61. The summed E-state index contributed by atoms with van der Waals surface area (Å²) in [4.78, 5) is 13.4. The summed E-state index contributed by atoms with van der Waals surface area (Å²) in [6, 6.07) is 0. The number of carbonyl (C=O) groups excluding carboxylic acids is 1. The van der Waals surface area contributed by atoms with Crippen molar-refractivity contribution in [3.8, 4) is 0 Å². The van der Waals surface area contributed by atoms with E-state index in [0.29, 0.717) is 19.3 Å². The number of Topliss-reactive ketones (excluding diaryl/α,β-unsaturated/α-hetero) is 1. The second-order valence-electron chi connectivity index (χ2n) is 11.7. The maximum Gasteiger partial charge on any atom is 0.186 e. The van der Waals surface area contributed by atoms with Crippen LogP contribution in [0.25, 0.3) is 0 Å². The Bertz CT molecular complexity index is 854. The minimum Gasteiger partial charge on any atom is -0.394 e. The number of ketones is 1. The number of hydrogen-bond acceptors (Lipinski definition) is 8. The van der Waals surface area contributed by atoms with Gasteiger partial charge in [-0.3, -0.25) is 4.79 Å². The Morgan fingerprint density at radius 1 is 1.12 bits per heavy atom. The SMILES string of the molecule is C=C[C@@]1(C)CCC2=C(C1)C(=O)C[C@H]1[C@@](C)(CO[C@@H]3O[C@H](CO)[C@H](O)[C@@H](O)[C@@H]3O)[C@@H](O)CC[C@]21C. The third kappa shape index (κ3) is 4.01. The van der Waals surface area contributed by atoms with Crippen LogP contribution in [0, 0.1) is 22.2 Å². The first-order valence-corrected chi connectivity index (χ1v) is 12.4. The van der Waals surface area contributed by atoms with Crippen molar-refractivity contribution in [2.45, 2.75) is 96.1 Å². The molecule has 0 aromatic rings. The van der Waals surface area contributed by atoms with Gasteiger partial charge >= 0.3 is 0 Å². The summed E-state index contributed by atoms with van der Waals surface area (Å²) in [5.41, 5.74) is 1.01. The number of aliphatic hydroxyl groups excluding tert-OH is 5. The topological polar surface area (TPSA) is 137 Å². The van der Waals surface area contributed by atoms with Gasteiger partial charge in [0.1, 0.15) is 24.4 Å². The molecule has 1 saturated carbocycles. The number of hydrogen-bond donors (Lipinski definition) is 5. The standard InChI is InChI=1S/C26H40O8/c1-5-24(2)8-6-15-14(11-24)16(28)10-18-25(15,3)9-7-19(29)26(18,4)13-33-23-22(32)21(31)20(30)17(12-27)34-23/h5,17-23,27,29-32H,1,6-13H2,2-4H3/t17-,18-,19+,20+,21-,22+,23-,24+,25-,26-/m1/s1. The predicted molar refractivity (Wildman–Crippen MR) is 123 cm³/mol. The molecule has 2 fully saturated rings. The Hall–Kier alpha value is -1.13. The largest absolute Gasteiger partial charge is 0.394 e. The molecule has 8 nitrogen and oxygen atoms in total. The Balaban J connectivity index is 1.59. The highest BCUT2D eigenvalue weighted by molar-refractivity contribution is 5.98. The van der Waals surface area contributed by atoms with Gasteiger partial charge in [0, 0.05) is 11.8 Å². The van der Waals surface area contributed by atoms with Crippen molar-refractivity contribution in [3.63, 3.8) is 0 Å². The van der Waals surface area contributed by atoms with Gasteiger partial charge in [-0.25, -0.2) is 0 Å². The van der Waals surface area contributed by atoms with Crippen molar-refractivity contribution in [2.24, 2.45) is 22.2 Å². The fourth-order valence-corrected chi connectivity index (χ4v) is 6.92. The normalized spacial score (nSPS) is 49.4. The Labute approximate surface area is 201 Å². The zero-order chi connectivity index (χ0) is 25.1. The molecule has 4 rings (SSSR count). The van der Waals surface area contributed by atoms with E-state index in [4.69, 9.17) is 9.47 Å². The van der Waals surface area contributed by atoms with E-state index in [1.807, 2.05) is 13.0 Å². The smallest absolute Gasteiger partial charge is 0.186 e. The molecule has 0 aromatic carbocycles. The summed E-state index contributed by atoms with van der Waals surface area (Å²) in [6.45, 7) is 9.70. The summed E-state index contributed by atoms with van der Waals surface area (Å²) in [5, 5.41) is 51.1. The van der Waals surface area contributed by atoms with Crippen LogP contribution in [0.5, 0.6) is 0 Å². The fourth-order valence-electron chi connectivity index (χ4n) is 6.92. The second kappa shape index (κ2) is 9.07. The average molecular weight is 481 g/mol. The van der Waals surface area contributed by atoms with Gasteiger partial charge in [0.25, 0.3) is 0 Å². The molecule has 0 radical (unpaired) electrons. The minimum atomic E-state index is -1.53. The van der Waals surface area contributed by atoms with Gasteiger partial charge in [0.15, 0.2) is 12.1 Å². The van der Waals surface area contributed by atoms with Crippen LogP contribution in [0.3, 0.4) is 0 Å². The molecule has 1 saturated heterocycles. The molecule has 0 amide bonds. The molecule has 4 aliphatic rings. The maximum atomic E-state index is 13.4. The van der Waals surface area contributed by atoms with Crippen molar-refractivity contribution in [3.05, 3.63) is 23.8 Å². The van der Waals surface area contributed by atoms with E-state index in [2.05, 4.69) is 20.4 Å². The van der Waals surface area contributed by atoms with Crippen molar-refractivity contribution in [1.29, 1.82) is 0 Å². The van der Waals surface area contributed by atoms with Crippen molar-refractivity contribution >= 4 is 5.78 Å². The quantitative estimate of drug-likeness (QED) is 0.371. The lowest BCUT2D eigenvalue weighted by atomic mass is 9.46. The first kappa shape index (κ1) is 25.9. The molecule has 0 bridgehead atoms. The maximum absolute atomic E-state index is 13.4. The molecule has 192 valence electrons. The molecule has 5 N–H and O–H groups in total. The predicted octanol–water partition coefficient (Wildman–Crippen LogP) is 1.23. The number of ether oxygens (including phenoxy) is 2. The van der Waals surface area contributed by atoms with E-state index in [1.54, 1.807) is 0 Å². The molecule has 8 heteroatoms. The van der Waals surface area contributed by atoms with Crippen LogP contribution in [-0.4, -0.2) is 81.3 Å². The lowest BCUT2D eigenvalue weighted by molar-refractivity contribution is -0.311. The molecule has 0 unspecified atom stereocenters. The second-order valence-corrected chi connectivity index (χ2v) is 11.7. The third-order valence-electron chi connectivity index (χ3n) is 9.47. The van der Waals surface area contributed by atoms with E-state index in [0.717, 1.165) is 24.8 Å². The Morgan fingerprint density at radius 2 is 1.82 bits per heavy atom. The van der Waals surface area contributed by atoms with Crippen LogP contribution in [-0.2, 0) is 14.3 Å². The fraction of sp³-hybridized carbons (Fsp3) is 0.808. The molecular weight excluding hydrogens is 440 g/mol. The van der Waals surface area contributed by atoms with Gasteiger partial charge in [-0.15, -0.1) is 6.58 Å². The zero-order valence-corrected chi connectivity index (χ0v) is 20.4. The number of aliphatic hydroxyl groups is 5. The van der Waals surface area contributed by atoms with Gasteiger partial charge in [0.05, 0.1) is 19.3 Å². The van der Waals surface area contributed by atoms with Crippen molar-refractivity contribution in [2.75, 3.05) is 13.2 Å². The third-order valence-corrected chi connectivity index (χ3v) is 9.47. The molecule has 1 aliphatic heterocycles. The molecular formula is C26H40O8. The Kier molecular flexibility index (Phi) is 6.92. The van der Waals surface area contributed by atoms with Crippen LogP contribution in [0.1, 0.15) is 59.3 Å². The molecule has 34 heavy (non-hydrogen) atoms. The van der Waals surface area contributed by atoms with Crippen LogP contribution in [0.4, 0.5) is 0 Å². The zero-order valence-electron chi connectivity index (χ0n) is 20.4. The lowest BCUT2D eigenvalue weighted by Gasteiger charge is -2.59. The van der Waals surface area contributed by atoms with E-state index in [9.17, 15) is 30.3 Å². The van der Waals surface area contributed by atoms with Gasteiger partial charge in [-0.05, 0) is 54.4 Å². The molecule has 3 aliphatic carbocycles. The summed E-state index contributed by atoms with van der Waals surface area (Å²) in [5.74, 6) is -0.0358. The van der Waals surface area contributed by atoms with Gasteiger partial charge in [0.2, 0.25) is 0 Å². The minimum absolute atomic E-state index is 0.00260. The van der Waals surface area contributed by atoms with E-state index < -0.39 is 48.8 Å².